The third-order valence-corrected chi connectivity index (χ3v) is 2.42. The first kappa shape index (κ1) is 15.7. The Bertz CT molecular complexity index is 479. The quantitative estimate of drug-likeness (QED) is 0.399. The maximum absolute atomic E-state index is 11.3. The SMILES string of the molecule is COc1cc(C=NNC(=O)[C@@H](N)CO)cc(OC)c1O. The Morgan fingerprint density at radius 3 is 2.45 bits per heavy atom. The van der Waals surface area contributed by atoms with Crippen LogP contribution in [0, 0.1) is 0 Å². The van der Waals surface area contributed by atoms with Crippen LogP contribution in [-0.2, 0) is 4.79 Å². The van der Waals surface area contributed by atoms with Crippen LogP contribution in [0.15, 0.2) is 17.2 Å². The van der Waals surface area contributed by atoms with Gasteiger partial charge in [-0.25, -0.2) is 5.43 Å². The van der Waals surface area contributed by atoms with Crippen LogP contribution in [0.2, 0.25) is 0 Å². The van der Waals surface area contributed by atoms with Gasteiger partial charge < -0.3 is 25.4 Å². The highest BCUT2D eigenvalue weighted by atomic mass is 16.5. The van der Waals surface area contributed by atoms with Gasteiger partial charge in [0.05, 0.1) is 27.0 Å². The highest BCUT2D eigenvalue weighted by Gasteiger charge is 2.11. The van der Waals surface area contributed by atoms with Gasteiger partial charge in [-0.3, -0.25) is 4.79 Å². The number of carbonyl (C=O) groups is 1. The molecule has 110 valence electrons. The number of nitrogens with two attached hydrogens (primary N) is 1. The van der Waals surface area contributed by atoms with Crippen LogP contribution in [0.4, 0.5) is 0 Å². The number of benzene rings is 1. The molecule has 1 aromatic rings. The van der Waals surface area contributed by atoms with E-state index < -0.39 is 18.6 Å². The van der Waals surface area contributed by atoms with E-state index in [2.05, 4.69) is 10.5 Å². The number of carbonyl (C=O) groups excluding carboxylic acids is 1. The number of phenolic OH excluding ortho intramolecular Hbond substituents is 1. The van der Waals surface area contributed by atoms with E-state index in [1.165, 1.54) is 32.6 Å². The van der Waals surface area contributed by atoms with Gasteiger partial charge in [-0.05, 0) is 12.1 Å². The van der Waals surface area contributed by atoms with Crippen molar-refractivity contribution in [2.75, 3.05) is 20.8 Å². The van der Waals surface area contributed by atoms with Crippen molar-refractivity contribution in [2.45, 2.75) is 6.04 Å². The number of aromatic hydroxyl groups is 1. The summed E-state index contributed by atoms with van der Waals surface area (Å²) in [7, 11) is 2.80. The molecule has 0 saturated heterocycles. The van der Waals surface area contributed by atoms with E-state index in [4.69, 9.17) is 20.3 Å². The zero-order valence-electron chi connectivity index (χ0n) is 11.2. The fourth-order valence-electron chi connectivity index (χ4n) is 1.32. The topological polar surface area (TPSA) is 126 Å². The second-order valence-corrected chi connectivity index (χ2v) is 3.80. The average Bonchev–Trinajstić information content (AvgIpc) is 2.47. The first-order valence-electron chi connectivity index (χ1n) is 5.67. The summed E-state index contributed by atoms with van der Waals surface area (Å²) in [5, 5.41) is 22.1. The molecule has 0 aliphatic carbocycles. The largest absolute Gasteiger partial charge is 0.502 e. The monoisotopic (exact) mass is 283 g/mol. The summed E-state index contributed by atoms with van der Waals surface area (Å²) in [5.41, 5.74) is 8.01. The van der Waals surface area contributed by atoms with Gasteiger partial charge in [-0.1, -0.05) is 0 Å². The predicted molar refractivity (Wildman–Crippen MR) is 72.0 cm³/mol. The Morgan fingerprint density at radius 1 is 1.45 bits per heavy atom. The number of methoxy groups -OCH3 is 2. The van der Waals surface area contributed by atoms with Gasteiger partial charge in [0.2, 0.25) is 5.75 Å². The van der Waals surface area contributed by atoms with E-state index in [0.29, 0.717) is 5.56 Å². The molecule has 0 saturated carbocycles. The zero-order chi connectivity index (χ0) is 15.1. The Hall–Kier alpha value is -2.32. The zero-order valence-corrected chi connectivity index (χ0v) is 11.2. The highest BCUT2D eigenvalue weighted by molar-refractivity contribution is 5.85. The summed E-state index contributed by atoms with van der Waals surface area (Å²) >= 11 is 0. The Labute approximate surface area is 115 Å². The van der Waals surface area contributed by atoms with Crippen LogP contribution >= 0.6 is 0 Å². The van der Waals surface area contributed by atoms with Crippen LogP contribution < -0.4 is 20.6 Å². The van der Waals surface area contributed by atoms with E-state index in [1.54, 1.807) is 0 Å². The van der Waals surface area contributed by atoms with Crippen molar-refractivity contribution >= 4 is 12.1 Å². The summed E-state index contributed by atoms with van der Waals surface area (Å²) < 4.78 is 9.96. The highest BCUT2D eigenvalue weighted by Crippen LogP contribution is 2.36. The fraction of sp³-hybridized carbons (Fsp3) is 0.333. The Morgan fingerprint density at radius 2 is 2.00 bits per heavy atom. The third-order valence-electron chi connectivity index (χ3n) is 2.42. The number of aliphatic hydroxyl groups is 1. The first-order chi connectivity index (χ1) is 9.53. The number of phenols is 1. The minimum absolute atomic E-state index is 0.126. The smallest absolute Gasteiger partial charge is 0.259 e. The van der Waals surface area contributed by atoms with Crippen LogP contribution in [0.1, 0.15) is 5.56 Å². The van der Waals surface area contributed by atoms with Crippen molar-refractivity contribution in [3.8, 4) is 17.2 Å². The maximum atomic E-state index is 11.3. The lowest BCUT2D eigenvalue weighted by Crippen LogP contribution is -2.40. The van der Waals surface area contributed by atoms with Gasteiger partial charge in [-0.15, -0.1) is 0 Å². The van der Waals surface area contributed by atoms with Crippen molar-refractivity contribution < 1.29 is 24.5 Å². The predicted octanol–water partition coefficient (Wildman–Crippen LogP) is -0.821. The van der Waals surface area contributed by atoms with E-state index in [0.717, 1.165) is 0 Å². The van der Waals surface area contributed by atoms with Crippen molar-refractivity contribution in [3.05, 3.63) is 17.7 Å². The average molecular weight is 283 g/mol. The Kier molecular flexibility index (Phi) is 5.75. The van der Waals surface area contributed by atoms with E-state index in [-0.39, 0.29) is 17.2 Å². The van der Waals surface area contributed by atoms with Gasteiger partial charge in [-0.2, -0.15) is 5.10 Å². The van der Waals surface area contributed by atoms with Gasteiger partial charge in [0, 0.05) is 5.56 Å². The number of aliphatic hydroxyl groups excluding tert-OH is 1. The molecule has 1 amide bonds. The van der Waals surface area contributed by atoms with Crippen LogP contribution in [0.25, 0.3) is 0 Å². The lowest BCUT2D eigenvalue weighted by atomic mass is 10.2. The molecule has 0 radical (unpaired) electrons. The molecule has 0 heterocycles. The number of nitrogens with one attached hydrogen (secondary N) is 1. The fourth-order valence-corrected chi connectivity index (χ4v) is 1.32. The molecular weight excluding hydrogens is 266 g/mol. The number of nitrogens with zero attached hydrogens (tertiary/aromatic N) is 1. The lowest BCUT2D eigenvalue weighted by Gasteiger charge is -2.09. The number of rotatable bonds is 6. The van der Waals surface area contributed by atoms with Crippen LogP contribution in [0.3, 0.4) is 0 Å². The van der Waals surface area contributed by atoms with E-state index in [1.807, 2.05) is 0 Å². The minimum Gasteiger partial charge on any atom is -0.502 e. The molecular formula is C12H17N3O5. The molecule has 0 fully saturated rings. The molecule has 1 aromatic carbocycles. The second-order valence-electron chi connectivity index (χ2n) is 3.80. The van der Waals surface area contributed by atoms with Crippen molar-refractivity contribution in [2.24, 2.45) is 10.8 Å². The molecule has 0 bridgehead atoms. The molecule has 0 unspecified atom stereocenters. The number of ether oxygens (including phenoxy) is 2. The van der Waals surface area contributed by atoms with Gasteiger partial charge in [0.15, 0.2) is 11.5 Å². The number of hydrogen-bond acceptors (Lipinski definition) is 7. The number of hydrazone groups is 1. The van der Waals surface area contributed by atoms with Crippen molar-refractivity contribution in [1.82, 2.24) is 5.43 Å². The molecule has 0 aromatic heterocycles. The number of amides is 1. The van der Waals surface area contributed by atoms with E-state index in [9.17, 15) is 9.90 Å². The summed E-state index contributed by atoms with van der Waals surface area (Å²) in [4.78, 5) is 11.3. The summed E-state index contributed by atoms with van der Waals surface area (Å²) in [6, 6.07) is 2.00. The molecule has 8 nitrogen and oxygen atoms in total. The minimum atomic E-state index is -1.03. The van der Waals surface area contributed by atoms with Crippen molar-refractivity contribution in [3.63, 3.8) is 0 Å². The van der Waals surface area contributed by atoms with Crippen LogP contribution in [0.5, 0.6) is 17.2 Å². The van der Waals surface area contributed by atoms with Gasteiger partial charge >= 0.3 is 0 Å². The third kappa shape index (κ3) is 3.84. The van der Waals surface area contributed by atoms with Gasteiger partial charge in [0.1, 0.15) is 6.04 Å². The van der Waals surface area contributed by atoms with Crippen LogP contribution in [-0.4, -0.2) is 49.2 Å². The van der Waals surface area contributed by atoms with Gasteiger partial charge in [0.25, 0.3) is 5.91 Å². The lowest BCUT2D eigenvalue weighted by molar-refractivity contribution is -0.123. The molecule has 20 heavy (non-hydrogen) atoms. The van der Waals surface area contributed by atoms with Crippen molar-refractivity contribution in [1.29, 1.82) is 0 Å². The second kappa shape index (κ2) is 7.31. The summed E-state index contributed by atoms with van der Waals surface area (Å²) in [6.45, 7) is -0.470. The first-order valence-corrected chi connectivity index (χ1v) is 5.67. The molecule has 0 aliphatic heterocycles. The maximum Gasteiger partial charge on any atom is 0.259 e. The molecule has 0 spiro atoms. The Balaban J connectivity index is 2.85. The molecule has 8 heteroatoms. The normalized spacial score (nSPS) is 12.2. The van der Waals surface area contributed by atoms with E-state index >= 15 is 0 Å². The summed E-state index contributed by atoms with van der Waals surface area (Å²) in [6.07, 6.45) is 1.33. The standard InChI is InChI=1S/C12H17N3O5/c1-19-9-3-7(4-10(20-2)11(9)17)5-14-15-12(18)8(13)6-16/h3-5,8,16-17H,6,13H2,1-2H3,(H,15,18)/t8-/m0/s1. The molecule has 1 rings (SSSR count). The molecule has 5 N–H and O–H groups in total. The molecule has 1 atom stereocenters. The number of hydrogen-bond donors (Lipinski definition) is 4. The molecule has 0 aliphatic rings. The summed E-state index contributed by atoms with van der Waals surface area (Å²) in [5.74, 6) is -0.312.